The summed E-state index contributed by atoms with van der Waals surface area (Å²) in [4.78, 5) is 22.9. The molecule has 152 valence electrons. The fourth-order valence-corrected chi connectivity index (χ4v) is 3.94. The Morgan fingerprint density at radius 2 is 2.00 bits per heavy atom. The quantitative estimate of drug-likeness (QED) is 0.812. The van der Waals surface area contributed by atoms with Crippen molar-refractivity contribution in [2.45, 2.75) is 38.3 Å². The first-order valence-electron chi connectivity index (χ1n) is 9.88. The number of pyridine rings is 1. The van der Waals surface area contributed by atoms with Gasteiger partial charge in [0.2, 0.25) is 5.91 Å². The summed E-state index contributed by atoms with van der Waals surface area (Å²) in [6.45, 7) is 1.55. The molecule has 2 aromatic rings. The number of halogens is 1. The highest BCUT2D eigenvalue weighted by atomic mass is 19.1. The first-order chi connectivity index (χ1) is 14.1. The fourth-order valence-electron chi connectivity index (χ4n) is 3.94. The largest absolute Gasteiger partial charge is 0.392 e. The molecule has 1 aromatic heterocycles. The smallest absolute Gasteiger partial charge is 0.226 e. The van der Waals surface area contributed by atoms with E-state index in [1.165, 1.54) is 12.1 Å². The standard InChI is InChI=1S/C22H24FN3O3/c23-18-5-3-17(4-6-18)20-12-19(29-26-20)13-22(7-10-28-11-8-22)21(27)25-15-16-2-1-9-24-14-16/h1-6,9,14,19H,7-8,10-13,15H2,(H,25,27). The van der Waals surface area contributed by atoms with Gasteiger partial charge in [-0.05, 0) is 42.2 Å². The van der Waals surface area contributed by atoms with Crippen LogP contribution in [0.15, 0.2) is 53.9 Å². The van der Waals surface area contributed by atoms with Gasteiger partial charge in [0.25, 0.3) is 0 Å². The minimum absolute atomic E-state index is 0.0171. The SMILES string of the molecule is O=C(NCc1cccnc1)C1(CC2CC(c3ccc(F)cc3)=NO2)CCOCC1. The lowest BCUT2D eigenvalue weighted by atomic mass is 9.74. The molecule has 0 radical (unpaired) electrons. The van der Waals surface area contributed by atoms with Gasteiger partial charge in [-0.25, -0.2) is 4.39 Å². The van der Waals surface area contributed by atoms with Gasteiger partial charge in [0, 0.05) is 45.0 Å². The van der Waals surface area contributed by atoms with E-state index < -0.39 is 5.41 Å². The zero-order chi connectivity index (χ0) is 20.1. The number of carbonyl (C=O) groups excluding carboxylic acids is 1. The van der Waals surface area contributed by atoms with Gasteiger partial charge in [0.15, 0.2) is 0 Å². The van der Waals surface area contributed by atoms with Crippen LogP contribution in [0.1, 0.15) is 36.8 Å². The van der Waals surface area contributed by atoms with Crippen LogP contribution in [0.3, 0.4) is 0 Å². The number of rotatable bonds is 6. The molecule has 0 aliphatic carbocycles. The molecule has 7 heteroatoms. The van der Waals surface area contributed by atoms with Crippen LogP contribution >= 0.6 is 0 Å². The van der Waals surface area contributed by atoms with Crippen molar-refractivity contribution in [3.8, 4) is 0 Å². The molecular formula is C22H24FN3O3. The Morgan fingerprint density at radius 3 is 2.72 bits per heavy atom. The van der Waals surface area contributed by atoms with Crippen molar-refractivity contribution in [3.05, 3.63) is 65.7 Å². The molecule has 1 aromatic carbocycles. The summed E-state index contributed by atoms with van der Waals surface area (Å²) in [5.41, 5.74) is 2.05. The number of hydrogen-bond acceptors (Lipinski definition) is 5. The normalized spacial score (nSPS) is 20.6. The third kappa shape index (κ3) is 4.62. The van der Waals surface area contributed by atoms with Crippen LogP contribution in [0.4, 0.5) is 4.39 Å². The van der Waals surface area contributed by atoms with E-state index in [1.807, 2.05) is 12.1 Å². The van der Waals surface area contributed by atoms with Crippen molar-refractivity contribution in [1.29, 1.82) is 0 Å². The van der Waals surface area contributed by atoms with Crippen LogP contribution in [0.5, 0.6) is 0 Å². The van der Waals surface area contributed by atoms with Crippen LogP contribution in [0.2, 0.25) is 0 Å². The van der Waals surface area contributed by atoms with Crippen molar-refractivity contribution in [3.63, 3.8) is 0 Å². The van der Waals surface area contributed by atoms with Gasteiger partial charge in [-0.3, -0.25) is 9.78 Å². The van der Waals surface area contributed by atoms with Crippen LogP contribution in [-0.4, -0.2) is 35.9 Å². The van der Waals surface area contributed by atoms with Crippen molar-refractivity contribution in [1.82, 2.24) is 10.3 Å². The predicted molar refractivity (Wildman–Crippen MR) is 106 cm³/mol. The molecule has 4 rings (SSSR count). The predicted octanol–water partition coefficient (Wildman–Crippen LogP) is 3.22. The summed E-state index contributed by atoms with van der Waals surface area (Å²) in [6, 6.07) is 10.0. The number of nitrogens with one attached hydrogen (secondary N) is 1. The van der Waals surface area contributed by atoms with Gasteiger partial charge in [-0.2, -0.15) is 0 Å². The molecule has 1 saturated heterocycles. The lowest BCUT2D eigenvalue weighted by Gasteiger charge is -2.37. The number of hydrogen-bond donors (Lipinski definition) is 1. The van der Waals surface area contributed by atoms with Crippen LogP contribution < -0.4 is 5.32 Å². The summed E-state index contributed by atoms with van der Waals surface area (Å²) >= 11 is 0. The zero-order valence-electron chi connectivity index (χ0n) is 16.1. The molecular weight excluding hydrogens is 373 g/mol. The molecule has 0 bridgehead atoms. The van der Waals surface area contributed by atoms with Crippen LogP contribution in [0.25, 0.3) is 0 Å². The first-order valence-corrected chi connectivity index (χ1v) is 9.88. The molecule has 1 N–H and O–H groups in total. The molecule has 1 amide bonds. The third-order valence-electron chi connectivity index (χ3n) is 5.64. The minimum Gasteiger partial charge on any atom is -0.392 e. The molecule has 29 heavy (non-hydrogen) atoms. The highest BCUT2D eigenvalue weighted by Crippen LogP contribution is 2.38. The topological polar surface area (TPSA) is 72.8 Å². The van der Waals surface area contributed by atoms with E-state index in [-0.39, 0.29) is 17.8 Å². The number of oxime groups is 1. The average Bonchev–Trinajstić information content (AvgIpc) is 3.22. The highest BCUT2D eigenvalue weighted by molar-refractivity contribution is 6.01. The number of ether oxygens (including phenoxy) is 1. The maximum Gasteiger partial charge on any atom is 0.226 e. The van der Waals surface area contributed by atoms with E-state index in [4.69, 9.17) is 9.57 Å². The molecule has 3 heterocycles. The van der Waals surface area contributed by atoms with Gasteiger partial charge >= 0.3 is 0 Å². The first kappa shape index (κ1) is 19.5. The number of benzene rings is 1. The second-order valence-corrected chi connectivity index (χ2v) is 7.62. The second kappa shape index (κ2) is 8.69. The van der Waals surface area contributed by atoms with Crippen LogP contribution in [0, 0.1) is 11.2 Å². The average molecular weight is 397 g/mol. The Hall–Kier alpha value is -2.80. The van der Waals surface area contributed by atoms with E-state index in [0.29, 0.717) is 45.4 Å². The molecule has 1 unspecified atom stereocenters. The molecule has 6 nitrogen and oxygen atoms in total. The lowest BCUT2D eigenvalue weighted by Crippen LogP contribution is -2.46. The Labute approximate surface area is 169 Å². The van der Waals surface area contributed by atoms with E-state index >= 15 is 0 Å². The molecule has 2 aliphatic rings. The Morgan fingerprint density at radius 1 is 1.21 bits per heavy atom. The van der Waals surface area contributed by atoms with E-state index in [1.54, 1.807) is 24.5 Å². The maximum atomic E-state index is 13.2. The molecule has 2 aliphatic heterocycles. The lowest BCUT2D eigenvalue weighted by molar-refractivity contribution is -0.140. The summed E-state index contributed by atoms with van der Waals surface area (Å²) in [6.07, 6.45) is 5.75. The van der Waals surface area contributed by atoms with E-state index in [0.717, 1.165) is 16.8 Å². The fraction of sp³-hybridized carbons (Fsp3) is 0.409. The highest BCUT2D eigenvalue weighted by Gasteiger charge is 2.43. The second-order valence-electron chi connectivity index (χ2n) is 7.62. The van der Waals surface area contributed by atoms with E-state index in [9.17, 15) is 9.18 Å². The summed E-state index contributed by atoms with van der Waals surface area (Å²) in [5, 5.41) is 7.25. The monoisotopic (exact) mass is 397 g/mol. The van der Waals surface area contributed by atoms with Gasteiger partial charge in [-0.15, -0.1) is 0 Å². The Balaban J connectivity index is 1.40. The maximum absolute atomic E-state index is 13.2. The number of nitrogens with zero attached hydrogens (tertiary/aromatic N) is 2. The molecule has 0 saturated carbocycles. The summed E-state index contributed by atoms with van der Waals surface area (Å²) < 4.78 is 18.7. The van der Waals surface area contributed by atoms with Crippen LogP contribution in [-0.2, 0) is 20.9 Å². The van der Waals surface area contributed by atoms with Crippen molar-refractivity contribution >= 4 is 11.6 Å². The van der Waals surface area contributed by atoms with E-state index in [2.05, 4.69) is 15.5 Å². The van der Waals surface area contributed by atoms with Crippen molar-refractivity contribution in [2.24, 2.45) is 10.6 Å². The minimum atomic E-state index is -0.543. The van der Waals surface area contributed by atoms with Gasteiger partial charge < -0.3 is 14.9 Å². The Bertz CT molecular complexity index is 865. The molecule has 1 atom stereocenters. The van der Waals surface area contributed by atoms with Gasteiger partial charge in [0.05, 0.1) is 11.1 Å². The number of aromatic nitrogens is 1. The van der Waals surface area contributed by atoms with Crippen molar-refractivity contribution in [2.75, 3.05) is 13.2 Å². The Kier molecular flexibility index (Phi) is 5.85. The summed E-state index contributed by atoms with van der Waals surface area (Å²) in [5.74, 6) is -0.264. The third-order valence-corrected chi connectivity index (χ3v) is 5.64. The van der Waals surface area contributed by atoms with Gasteiger partial charge in [0.1, 0.15) is 11.9 Å². The molecule has 0 spiro atoms. The number of carbonyl (C=O) groups is 1. The van der Waals surface area contributed by atoms with Crippen molar-refractivity contribution < 1.29 is 18.8 Å². The number of amides is 1. The van der Waals surface area contributed by atoms with Gasteiger partial charge in [-0.1, -0.05) is 23.4 Å². The summed E-state index contributed by atoms with van der Waals surface area (Å²) in [7, 11) is 0. The molecule has 1 fully saturated rings. The zero-order valence-corrected chi connectivity index (χ0v) is 16.1.